The molecule has 1 aromatic carbocycles. The van der Waals surface area contributed by atoms with Crippen molar-refractivity contribution in [2.24, 2.45) is 0 Å². The summed E-state index contributed by atoms with van der Waals surface area (Å²) in [6.07, 6.45) is 11.9. The SMILES string of the molecule is O=C(O)CCCCCCN1C(=O)CCC1/C=C/[C@@H](O)c1cccc(Cn2cccc2)c1. The molecular weight excluding hydrogens is 392 g/mol. The van der Waals surface area contributed by atoms with Crippen LogP contribution in [0.5, 0.6) is 0 Å². The first-order valence-electron chi connectivity index (χ1n) is 11.1. The lowest BCUT2D eigenvalue weighted by Crippen LogP contribution is -2.32. The number of aliphatic hydroxyl groups is 1. The fourth-order valence-corrected chi connectivity index (χ4v) is 4.06. The summed E-state index contributed by atoms with van der Waals surface area (Å²) in [6.45, 7) is 1.44. The van der Waals surface area contributed by atoms with Gasteiger partial charge in [0.1, 0.15) is 0 Å². The highest BCUT2D eigenvalue weighted by atomic mass is 16.4. The number of carbonyl (C=O) groups is 2. The van der Waals surface area contributed by atoms with Crippen LogP contribution in [0.4, 0.5) is 0 Å². The van der Waals surface area contributed by atoms with Crippen LogP contribution in [-0.2, 0) is 16.1 Å². The number of carboxylic acids is 1. The Morgan fingerprint density at radius 1 is 1.13 bits per heavy atom. The molecule has 6 nitrogen and oxygen atoms in total. The largest absolute Gasteiger partial charge is 0.481 e. The molecule has 0 bridgehead atoms. The molecule has 1 saturated heterocycles. The lowest BCUT2D eigenvalue weighted by atomic mass is 10.0. The van der Waals surface area contributed by atoms with E-state index in [2.05, 4.69) is 4.57 Å². The molecule has 0 aliphatic carbocycles. The quantitative estimate of drug-likeness (QED) is 0.396. The predicted molar refractivity (Wildman–Crippen MR) is 120 cm³/mol. The van der Waals surface area contributed by atoms with Gasteiger partial charge in [-0.2, -0.15) is 0 Å². The first kappa shape index (κ1) is 22.8. The summed E-state index contributed by atoms with van der Waals surface area (Å²) in [5.41, 5.74) is 1.97. The van der Waals surface area contributed by atoms with Gasteiger partial charge in [0.15, 0.2) is 0 Å². The fraction of sp³-hybridized carbons (Fsp3) is 0.440. The third kappa shape index (κ3) is 7.10. The van der Waals surface area contributed by atoms with Gasteiger partial charge >= 0.3 is 5.97 Å². The van der Waals surface area contributed by atoms with Crippen LogP contribution in [0.25, 0.3) is 0 Å². The number of likely N-dealkylation sites (tertiary alicyclic amines) is 1. The number of rotatable bonds is 12. The van der Waals surface area contributed by atoms with Crippen molar-refractivity contribution in [1.82, 2.24) is 9.47 Å². The summed E-state index contributed by atoms with van der Waals surface area (Å²) in [5.74, 6) is -0.600. The van der Waals surface area contributed by atoms with Gasteiger partial charge in [0, 0.05) is 38.3 Å². The molecule has 2 N–H and O–H groups in total. The van der Waals surface area contributed by atoms with Gasteiger partial charge in [-0.15, -0.1) is 0 Å². The molecule has 166 valence electrons. The van der Waals surface area contributed by atoms with Gasteiger partial charge in [-0.1, -0.05) is 49.3 Å². The third-order valence-corrected chi connectivity index (χ3v) is 5.75. The summed E-state index contributed by atoms with van der Waals surface area (Å²) in [7, 11) is 0. The van der Waals surface area contributed by atoms with E-state index in [9.17, 15) is 14.7 Å². The number of carbonyl (C=O) groups excluding carboxylic acids is 1. The fourth-order valence-electron chi connectivity index (χ4n) is 4.06. The number of hydrogen-bond acceptors (Lipinski definition) is 3. The average Bonchev–Trinajstić information content (AvgIpc) is 3.38. The van der Waals surface area contributed by atoms with Gasteiger partial charge in [0.2, 0.25) is 5.91 Å². The van der Waals surface area contributed by atoms with E-state index < -0.39 is 12.1 Å². The normalized spacial score (nSPS) is 17.5. The summed E-state index contributed by atoms with van der Waals surface area (Å²) < 4.78 is 2.09. The third-order valence-electron chi connectivity index (χ3n) is 5.75. The van der Waals surface area contributed by atoms with E-state index in [1.807, 2.05) is 59.8 Å². The van der Waals surface area contributed by atoms with Crippen molar-refractivity contribution in [1.29, 1.82) is 0 Å². The number of aliphatic hydroxyl groups excluding tert-OH is 1. The van der Waals surface area contributed by atoms with E-state index in [0.717, 1.165) is 43.4 Å². The number of hydrogen-bond donors (Lipinski definition) is 2. The van der Waals surface area contributed by atoms with E-state index >= 15 is 0 Å². The van der Waals surface area contributed by atoms with Gasteiger partial charge in [-0.25, -0.2) is 0 Å². The monoisotopic (exact) mass is 424 g/mol. The van der Waals surface area contributed by atoms with Gasteiger partial charge < -0.3 is 19.7 Å². The molecule has 6 heteroatoms. The van der Waals surface area contributed by atoms with Crippen molar-refractivity contribution >= 4 is 11.9 Å². The lowest BCUT2D eigenvalue weighted by molar-refractivity contribution is -0.137. The highest BCUT2D eigenvalue weighted by Gasteiger charge is 2.28. The molecule has 1 aromatic heterocycles. The van der Waals surface area contributed by atoms with Crippen LogP contribution in [0, 0.1) is 0 Å². The molecule has 1 fully saturated rings. The topological polar surface area (TPSA) is 82.8 Å². The number of carboxylic acid groups (broad SMARTS) is 1. The van der Waals surface area contributed by atoms with Crippen LogP contribution < -0.4 is 0 Å². The number of nitrogens with zero attached hydrogens (tertiary/aromatic N) is 2. The average molecular weight is 425 g/mol. The van der Waals surface area contributed by atoms with E-state index in [0.29, 0.717) is 19.4 Å². The number of benzene rings is 1. The first-order valence-corrected chi connectivity index (χ1v) is 11.1. The zero-order valence-corrected chi connectivity index (χ0v) is 17.9. The number of unbranched alkanes of at least 4 members (excludes halogenated alkanes) is 3. The van der Waals surface area contributed by atoms with E-state index in [1.54, 1.807) is 6.08 Å². The van der Waals surface area contributed by atoms with Crippen LogP contribution in [0.2, 0.25) is 0 Å². The smallest absolute Gasteiger partial charge is 0.303 e. The zero-order chi connectivity index (χ0) is 22.1. The number of amides is 1. The molecule has 31 heavy (non-hydrogen) atoms. The lowest BCUT2D eigenvalue weighted by Gasteiger charge is -2.22. The molecule has 1 aliphatic heterocycles. The Balaban J connectivity index is 1.51. The minimum atomic E-state index is -0.756. The summed E-state index contributed by atoms with van der Waals surface area (Å²) >= 11 is 0. The van der Waals surface area contributed by atoms with Crippen molar-refractivity contribution < 1.29 is 19.8 Å². The first-order chi connectivity index (χ1) is 15.0. The van der Waals surface area contributed by atoms with Gasteiger partial charge in [-0.05, 0) is 42.5 Å². The van der Waals surface area contributed by atoms with Crippen LogP contribution in [-0.4, -0.2) is 44.1 Å². The van der Waals surface area contributed by atoms with Crippen LogP contribution >= 0.6 is 0 Å². The molecule has 1 amide bonds. The molecule has 0 spiro atoms. The summed E-state index contributed by atoms with van der Waals surface area (Å²) in [6, 6.07) is 11.9. The molecule has 1 aliphatic rings. The highest BCUT2D eigenvalue weighted by Crippen LogP contribution is 2.23. The van der Waals surface area contributed by atoms with Crippen molar-refractivity contribution in [3.05, 3.63) is 72.1 Å². The predicted octanol–water partition coefficient (Wildman–Crippen LogP) is 4.15. The Morgan fingerprint density at radius 2 is 1.90 bits per heavy atom. The standard InChI is InChI=1S/C25H32N2O4/c28-23(21-9-7-8-20(18-21)19-26-15-5-6-16-26)13-11-22-12-14-24(29)27(22)17-4-2-1-3-10-25(30)31/h5-9,11,13,15-16,18,22-23,28H,1-4,10,12,14,17,19H2,(H,30,31)/b13-11+/t22?,23-/m1/s1. The highest BCUT2D eigenvalue weighted by molar-refractivity contribution is 5.79. The molecule has 1 unspecified atom stereocenters. The Kier molecular flexibility index (Phi) is 8.47. The maximum absolute atomic E-state index is 12.3. The maximum atomic E-state index is 12.3. The van der Waals surface area contributed by atoms with E-state index in [4.69, 9.17) is 5.11 Å². The van der Waals surface area contributed by atoms with Crippen LogP contribution in [0.1, 0.15) is 62.2 Å². The molecule has 0 radical (unpaired) electrons. The Morgan fingerprint density at radius 3 is 2.68 bits per heavy atom. The number of aliphatic carboxylic acids is 1. The van der Waals surface area contributed by atoms with Crippen LogP contribution in [0.3, 0.4) is 0 Å². The Hall–Kier alpha value is -2.86. The molecule has 2 heterocycles. The maximum Gasteiger partial charge on any atom is 0.303 e. The summed E-state index contributed by atoms with van der Waals surface area (Å²) in [4.78, 5) is 24.7. The van der Waals surface area contributed by atoms with Gasteiger partial charge in [0.25, 0.3) is 0 Å². The minimum Gasteiger partial charge on any atom is -0.481 e. The zero-order valence-electron chi connectivity index (χ0n) is 17.9. The molecular formula is C25H32N2O4. The Labute approximate surface area is 183 Å². The number of aromatic nitrogens is 1. The van der Waals surface area contributed by atoms with Crippen molar-refractivity contribution in [3.8, 4) is 0 Å². The van der Waals surface area contributed by atoms with Crippen molar-refractivity contribution in [2.75, 3.05) is 6.54 Å². The summed E-state index contributed by atoms with van der Waals surface area (Å²) in [5, 5.41) is 19.3. The second-order valence-corrected chi connectivity index (χ2v) is 8.18. The second-order valence-electron chi connectivity index (χ2n) is 8.18. The minimum absolute atomic E-state index is 0.0178. The second kappa shape index (κ2) is 11.5. The van der Waals surface area contributed by atoms with E-state index in [-0.39, 0.29) is 18.4 Å². The van der Waals surface area contributed by atoms with Gasteiger partial charge in [0.05, 0.1) is 12.1 Å². The Bertz CT molecular complexity index is 875. The van der Waals surface area contributed by atoms with Crippen LogP contribution in [0.15, 0.2) is 60.9 Å². The molecule has 0 saturated carbocycles. The van der Waals surface area contributed by atoms with Crippen molar-refractivity contribution in [3.63, 3.8) is 0 Å². The van der Waals surface area contributed by atoms with Gasteiger partial charge in [-0.3, -0.25) is 9.59 Å². The molecule has 2 atom stereocenters. The van der Waals surface area contributed by atoms with Crippen molar-refractivity contribution in [2.45, 2.75) is 63.6 Å². The molecule has 3 rings (SSSR count). The van der Waals surface area contributed by atoms with E-state index in [1.165, 1.54) is 0 Å². The molecule has 2 aromatic rings.